The number of para-hydroxylation sites is 1. The molecule has 1 aromatic heterocycles. The quantitative estimate of drug-likeness (QED) is 0.495. The zero-order chi connectivity index (χ0) is 21.6. The summed E-state index contributed by atoms with van der Waals surface area (Å²) in [7, 11) is 0. The van der Waals surface area contributed by atoms with Crippen molar-refractivity contribution in [2.24, 2.45) is 5.92 Å². The second-order valence-electron chi connectivity index (χ2n) is 7.89. The minimum atomic E-state index is -1.24. The molecule has 1 aromatic carbocycles. The standard InChI is InChI=1S/C24H29NO5/c1-3-7-18(8-4-2)22(27)29-16-24(15-26)14-19(23(28)30-24)13-20-12-11-17-9-5-6-10-21(17)25-20/h5-6,9-13,18,26H,3-4,7-8,14-16H2,1-2H3/b19-13+. The maximum absolute atomic E-state index is 12.4. The molecule has 2 aromatic rings. The van der Waals surface area contributed by atoms with Crippen molar-refractivity contribution in [3.8, 4) is 0 Å². The number of aliphatic hydroxyl groups is 1. The molecule has 0 amide bonds. The van der Waals surface area contributed by atoms with E-state index in [-0.39, 0.29) is 24.9 Å². The number of esters is 2. The van der Waals surface area contributed by atoms with Crippen LogP contribution in [0.1, 0.15) is 51.6 Å². The molecule has 6 nitrogen and oxygen atoms in total. The highest BCUT2D eigenvalue weighted by molar-refractivity contribution is 5.96. The van der Waals surface area contributed by atoms with Gasteiger partial charge in [0.2, 0.25) is 0 Å². The first-order valence-corrected chi connectivity index (χ1v) is 10.6. The predicted molar refractivity (Wildman–Crippen MR) is 115 cm³/mol. The zero-order valence-electron chi connectivity index (χ0n) is 17.6. The molecule has 0 aliphatic carbocycles. The van der Waals surface area contributed by atoms with Gasteiger partial charge in [0, 0.05) is 17.4 Å². The highest BCUT2D eigenvalue weighted by Crippen LogP contribution is 2.33. The number of fused-ring (bicyclic) bond motifs is 1. The molecule has 1 N–H and O–H groups in total. The molecule has 0 radical (unpaired) electrons. The van der Waals surface area contributed by atoms with E-state index >= 15 is 0 Å². The highest BCUT2D eigenvalue weighted by atomic mass is 16.6. The Morgan fingerprint density at radius 2 is 1.97 bits per heavy atom. The topological polar surface area (TPSA) is 85.7 Å². The lowest BCUT2D eigenvalue weighted by Crippen LogP contribution is -2.40. The van der Waals surface area contributed by atoms with Crippen molar-refractivity contribution in [2.45, 2.75) is 51.6 Å². The number of aromatic nitrogens is 1. The first-order valence-electron chi connectivity index (χ1n) is 10.6. The first kappa shape index (κ1) is 22.0. The van der Waals surface area contributed by atoms with Crippen molar-refractivity contribution in [1.82, 2.24) is 4.98 Å². The van der Waals surface area contributed by atoms with E-state index in [2.05, 4.69) is 4.98 Å². The van der Waals surface area contributed by atoms with Crippen LogP contribution in [0, 0.1) is 5.92 Å². The fraction of sp³-hybridized carbons (Fsp3) is 0.458. The first-order chi connectivity index (χ1) is 14.5. The van der Waals surface area contributed by atoms with Crippen LogP contribution in [0.3, 0.4) is 0 Å². The van der Waals surface area contributed by atoms with E-state index in [9.17, 15) is 14.7 Å². The third kappa shape index (κ3) is 5.05. The van der Waals surface area contributed by atoms with Crippen molar-refractivity contribution in [3.05, 3.63) is 47.7 Å². The molecule has 0 spiro atoms. The van der Waals surface area contributed by atoms with Gasteiger partial charge < -0.3 is 14.6 Å². The van der Waals surface area contributed by atoms with E-state index in [1.54, 1.807) is 6.08 Å². The number of aliphatic hydroxyl groups excluding tert-OH is 1. The van der Waals surface area contributed by atoms with Gasteiger partial charge in [-0.3, -0.25) is 4.79 Å². The third-order valence-corrected chi connectivity index (χ3v) is 5.40. The second kappa shape index (κ2) is 9.85. The summed E-state index contributed by atoms with van der Waals surface area (Å²) in [5.41, 5.74) is 0.635. The minimum absolute atomic E-state index is 0.152. The summed E-state index contributed by atoms with van der Waals surface area (Å²) < 4.78 is 10.9. The number of ether oxygens (including phenoxy) is 2. The van der Waals surface area contributed by atoms with Gasteiger partial charge in [0.1, 0.15) is 6.61 Å². The molecular weight excluding hydrogens is 382 g/mol. The Kier molecular flexibility index (Phi) is 7.21. The maximum atomic E-state index is 12.4. The monoisotopic (exact) mass is 411 g/mol. The van der Waals surface area contributed by atoms with Gasteiger partial charge in [0.05, 0.1) is 23.7 Å². The predicted octanol–water partition coefficient (Wildman–Crippen LogP) is 4.06. The van der Waals surface area contributed by atoms with Crippen molar-refractivity contribution in [3.63, 3.8) is 0 Å². The molecule has 0 bridgehead atoms. The average molecular weight is 411 g/mol. The van der Waals surface area contributed by atoms with Crippen molar-refractivity contribution < 1.29 is 24.2 Å². The summed E-state index contributed by atoms with van der Waals surface area (Å²) in [6.45, 7) is 3.49. The summed E-state index contributed by atoms with van der Waals surface area (Å²) in [6, 6.07) is 11.5. The van der Waals surface area contributed by atoms with Gasteiger partial charge in [0.25, 0.3) is 0 Å². The van der Waals surface area contributed by atoms with Crippen LogP contribution in [0.25, 0.3) is 17.0 Å². The molecule has 1 atom stereocenters. The van der Waals surface area contributed by atoms with Gasteiger partial charge in [-0.05, 0) is 31.1 Å². The van der Waals surface area contributed by atoms with Gasteiger partial charge in [-0.25, -0.2) is 9.78 Å². The van der Waals surface area contributed by atoms with Crippen LogP contribution >= 0.6 is 0 Å². The third-order valence-electron chi connectivity index (χ3n) is 5.40. The van der Waals surface area contributed by atoms with E-state index in [4.69, 9.17) is 9.47 Å². The highest BCUT2D eigenvalue weighted by Gasteiger charge is 2.45. The molecule has 6 heteroatoms. The van der Waals surface area contributed by atoms with Crippen molar-refractivity contribution in [2.75, 3.05) is 13.2 Å². The molecule has 30 heavy (non-hydrogen) atoms. The molecule has 1 saturated heterocycles. The summed E-state index contributed by atoms with van der Waals surface area (Å²) in [6.07, 6.45) is 5.15. The molecule has 2 heterocycles. The lowest BCUT2D eigenvalue weighted by atomic mass is 9.97. The number of carbonyl (C=O) groups excluding carboxylic acids is 2. The maximum Gasteiger partial charge on any atom is 0.335 e. The number of cyclic esters (lactones) is 1. The Hall–Kier alpha value is -2.73. The number of carbonyl (C=O) groups is 2. The molecule has 1 aliphatic heterocycles. The number of hydrogen-bond donors (Lipinski definition) is 1. The Bertz CT molecular complexity index is 932. The van der Waals surface area contributed by atoms with Crippen molar-refractivity contribution in [1.29, 1.82) is 0 Å². The molecule has 160 valence electrons. The summed E-state index contributed by atoms with van der Waals surface area (Å²) in [5, 5.41) is 10.9. The fourth-order valence-corrected chi connectivity index (χ4v) is 3.78. The molecule has 1 aliphatic rings. The number of rotatable bonds is 9. The molecule has 1 fully saturated rings. The normalized spacial score (nSPS) is 20.1. The van der Waals surface area contributed by atoms with Crippen LogP contribution in [-0.4, -0.2) is 40.8 Å². The number of pyridine rings is 1. The van der Waals surface area contributed by atoms with Crippen LogP contribution in [0.2, 0.25) is 0 Å². The van der Waals surface area contributed by atoms with E-state index in [1.165, 1.54) is 0 Å². The summed E-state index contributed by atoms with van der Waals surface area (Å²) in [4.78, 5) is 29.4. The minimum Gasteiger partial charge on any atom is -0.461 e. The molecule has 0 saturated carbocycles. The van der Waals surface area contributed by atoms with Gasteiger partial charge in [-0.15, -0.1) is 0 Å². The van der Waals surface area contributed by atoms with Gasteiger partial charge in [-0.2, -0.15) is 0 Å². The SMILES string of the molecule is CCCC(CCC)C(=O)OCC1(CO)C/C(=C\c2ccc3ccccc3n2)C(=O)O1. The van der Waals surface area contributed by atoms with Gasteiger partial charge in [-0.1, -0.05) is 51.0 Å². The largest absolute Gasteiger partial charge is 0.461 e. The lowest BCUT2D eigenvalue weighted by Gasteiger charge is -2.25. The zero-order valence-corrected chi connectivity index (χ0v) is 17.6. The fourth-order valence-electron chi connectivity index (χ4n) is 3.78. The van der Waals surface area contributed by atoms with Crippen LogP contribution in [-0.2, 0) is 19.1 Å². The smallest absolute Gasteiger partial charge is 0.335 e. The van der Waals surface area contributed by atoms with Crippen LogP contribution in [0.15, 0.2) is 42.0 Å². The number of nitrogens with zero attached hydrogens (tertiary/aromatic N) is 1. The van der Waals surface area contributed by atoms with E-state index in [0.29, 0.717) is 11.3 Å². The Balaban J connectivity index is 1.72. The van der Waals surface area contributed by atoms with E-state index < -0.39 is 18.2 Å². The molecule has 3 rings (SSSR count). The summed E-state index contributed by atoms with van der Waals surface area (Å²) in [5.74, 6) is -0.977. The summed E-state index contributed by atoms with van der Waals surface area (Å²) >= 11 is 0. The Labute approximate surface area is 176 Å². The molecular formula is C24H29NO5. The molecule has 1 unspecified atom stereocenters. The van der Waals surface area contributed by atoms with Crippen LogP contribution < -0.4 is 0 Å². The Morgan fingerprint density at radius 3 is 2.67 bits per heavy atom. The number of benzene rings is 1. The van der Waals surface area contributed by atoms with Crippen LogP contribution in [0.4, 0.5) is 0 Å². The lowest BCUT2D eigenvalue weighted by molar-refractivity contribution is -0.169. The van der Waals surface area contributed by atoms with Gasteiger partial charge in [0.15, 0.2) is 5.60 Å². The van der Waals surface area contributed by atoms with Crippen molar-refractivity contribution >= 4 is 28.9 Å². The van der Waals surface area contributed by atoms with Gasteiger partial charge >= 0.3 is 11.9 Å². The number of hydrogen-bond acceptors (Lipinski definition) is 6. The second-order valence-corrected chi connectivity index (χ2v) is 7.89. The van der Waals surface area contributed by atoms with E-state index in [1.807, 2.05) is 50.2 Å². The Morgan fingerprint density at radius 1 is 1.23 bits per heavy atom. The van der Waals surface area contributed by atoms with E-state index in [0.717, 1.165) is 36.6 Å². The van der Waals surface area contributed by atoms with Crippen LogP contribution in [0.5, 0.6) is 0 Å². The average Bonchev–Trinajstić information content (AvgIpc) is 3.07.